The summed E-state index contributed by atoms with van der Waals surface area (Å²) in [5, 5.41) is 0. The third kappa shape index (κ3) is 5.37. The van der Waals surface area contributed by atoms with Crippen LogP contribution in [-0.4, -0.2) is 52.8 Å². The van der Waals surface area contributed by atoms with Crippen molar-refractivity contribution in [3.05, 3.63) is 64.5 Å². The Bertz CT molecular complexity index is 979. The van der Waals surface area contributed by atoms with Crippen LogP contribution in [0.3, 0.4) is 0 Å². The normalized spacial score (nSPS) is 19.8. The van der Waals surface area contributed by atoms with E-state index in [4.69, 9.17) is 4.98 Å². The summed E-state index contributed by atoms with van der Waals surface area (Å²) in [6, 6.07) is 13.1. The summed E-state index contributed by atoms with van der Waals surface area (Å²) in [7, 11) is 0. The van der Waals surface area contributed by atoms with Crippen LogP contribution in [0.5, 0.6) is 0 Å². The zero-order valence-corrected chi connectivity index (χ0v) is 19.6. The van der Waals surface area contributed by atoms with Crippen LogP contribution in [0.2, 0.25) is 0 Å². The van der Waals surface area contributed by atoms with Gasteiger partial charge in [0, 0.05) is 56.3 Å². The number of likely N-dealkylation sites (tertiary alicyclic amines) is 2. The van der Waals surface area contributed by atoms with Crippen molar-refractivity contribution in [2.75, 3.05) is 26.2 Å². The monoisotopic (exact) mass is 433 g/mol. The molecule has 170 valence electrons. The second-order valence-electron chi connectivity index (χ2n) is 9.61. The van der Waals surface area contributed by atoms with Gasteiger partial charge in [-0.05, 0) is 69.2 Å². The van der Waals surface area contributed by atoms with Gasteiger partial charge in [0.25, 0.3) is 0 Å². The lowest BCUT2D eigenvalue weighted by atomic mass is 9.89. The van der Waals surface area contributed by atoms with E-state index in [1.165, 1.54) is 16.7 Å². The van der Waals surface area contributed by atoms with Crippen molar-refractivity contribution < 1.29 is 9.59 Å². The summed E-state index contributed by atoms with van der Waals surface area (Å²) in [6.45, 7) is 8.80. The quantitative estimate of drug-likeness (QED) is 0.724. The van der Waals surface area contributed by atoms with Crippen LogP contribution in [0.25, 0.3) is 0 Å². The van der Waals surface area contributed by atoms with E-state index in [-0.39, 0.29) is 17.7 Å². The number of aromatic nitrogens is 1. The average Bonchev–Trinajstić information content (AvgIpc) is 2.78. The van der Waals surface area contributed by atoms with Crippen LogP contribution in [0.1, 0.15) is 66.6 Å². The maximum absolute atomic E-state index is 13.2. The molecule has 0 bridgehead atoms. The van der Waals surface area contributed by atoms with Gasteiger partial charge in [0.05, 0.1) is 0 Å². The number of nitrogens with zero attached hydrogens (tertiary/aromatic N) is 3. The predicted molar refractivity (Wildman–Crippen MR) is 126 cm³/mol. The van der Waals surface area contributed by atoms with Crippen molar-refractivity contribution in [1.82, 2.24) is 14.8 Å². The van der Waals surface area contributed by atoms with Crippen molar-refractivity contribution in [3.8, 4) is 0 Å². The Morgan fingerprint density at radius 1 is 0.969 bits per heavy atom. The minimum absolute atomic E-state index is 0.0479. The van der Waals surface area contributed by atoms with Crippen LogP contribution in [0, 0.1) is 19.8 Å². The number of rotatable bonds is 4. The molecule has 0 N–H and O–H groups in total. The van der Waals surface area contributed by atoms with E-state index in [0.717, 1.165) is 56.6 Å². The van der Waals surface area contributed by atoms with Gasteiger partial charge in [0.15, 0.2) is 0 Å². The molecule has 4 rings (SSSR count). The van der Waals surface area contributed by atoms with E-state index < -0.39 is 0 Å². The van der Waals surface area contributed by atoms with E-state index in [1.54, 1.807) is 6.92 Å². The number of hydrogen-bond acceptors (Lipinski definition) is 3. The predicted octanol–water partition coefficient (Wildman–Crippen LogP) is 4.25. The number of hydrogen-bond donors (Lipinski definition) is 0. The van der Waals surface area contributed by atoms with Gasteiger partial charge >= 0.3 is 0 Å². The number of carbonyl (C=O) groups is 2. The maximum atomic E-state index is 13.2. The highest BCUT2D eigenvalue weighted by Crippen LogP contribution is 2.29. The zero-order valence-electron chi connectivity index (χ0n) is 19.6. The van der Waals surface area contributed by atoms with Crippen LogP contribution < -0.4 is 0 Å². The molecule has 2 aliphatic heterocycles. The fourth-order valence-corrected chi connectivity index (χ4v) is 5.26. The number of pyridine rings is 1. The molecule has 0 spiro atoms. The topological polar surface area (TPSA) is 53.5 Å². The first-order valence-electron chi connectivity index (χ1n) is 12.0. The van der Waals surface area contributed by atoms with Crippen molar-refractivity contribution >= 4 is 11.8 Å². The Kier molecular flexibility index (Phi) is 6.92. The molecule has 0 aliphatic carbocycles. The highest BCUT2D eigenvalue weighted by atomic mass is 16.2. The van der Waals surface area contributed by atoms with Gasteiger partial charge in [-0.15, -0.1) is 0 Å². The highest BCUT2D eigenvalue weighted by molar-refractivity contribution is 5.80. The van der Waals surface area contributed by atoms with Crippen molar-refractivity contribution in [1.29, 1.82) is 0 Å². The molecule has 1 atom stereocenters. The zero-order chi connectivity index (χ0) is 22.7. The lowest BCUT2D eigenvalue weighted by molar-refractivity contribution is -0.141. The summed E-state index contributed by atoms with van der Waals surface area (Å²) < 4.78 is 0. The Morgan fingerprint density at radius 3 is 2.47 bits per heavy atom. The fourth-order valence-electron chi connectivity index (χ4n) is 5.26. The second-order valence-corrected chi connectivity index (χ2v) is 9.61. The van der Waals surface area contributed by atoms with Crippen LogP contribution in [0.4, 0.5) is 0 Å². The van der Waals surface area contributed by atoms with Gasteiger partial charge in [-0.2, -0.15) is 0 Å². The first kappa shape index (κ1) is 22.5. The van der Waals surface area contributed by atoms with Crippen molar-refractivity contribution in [2.24, 2.45) is 5.92 Å². The molecule has 5 heteroatoms. The molecule has 0 saturated carbocycles. The second kappa shape index (κ2) is 9.85. The third-order valence-electron chi connectivity index (χ3n) is 6.96. The molecule has 1 aromatic carbocycles. The van der Waals surface area contributed by atoms with Gasteiger partial charge in [-0.25, -0.2) is 0 Å². The summed E-state index contributed by atoms with van der Waals surface area (Å²) >= 11 is 0. The van der Waals surface area contributed by atoms with Gasteiger partial charge in [0.1, 0.15) is 0 Å². The maximum Gasteiger partial charge on any atom is 0.225 e. The average molecular weight is 434 g/mol. The van der Waals surface area contributed by atoms with Gasteiger partial charge < -0.3 is 9.80 Å². The molecule has 0 unspecified atom stereocenters. The van der Waals surface area contributed by atoms with Crippen LogP contribution in [-0.2, 0) is 16.0 Å². The first-order chi connectivity index (χ1) is 15.4. The molecular formula is C27H35N3O2. The Hall–Kier alpha value is -2.69. The van der Waals surface area contributed by atoms with E-state index in [2.05, 4.69) is 55.1 Å². The fraction of sp³-hybridized carbons (Fsp3) is 0.519. The lowest BCUT2D eigenvalue weighted by Crippen LogP contribution is -2.46. The van der Waals surface area contributed by atoms with Crippen molar-refractivity contribution in [3.63, 3.8) is 0 Å². The molecule has 2 fully saturated rings. The molecule has 0 radical (unpaired) electrons. The molecule has 1 aromatic heterocycles. The van der Waals surface area contributed by atoms with E-state index >= 15 is 0 Å². The molecular weight excluding hydrogens is 398 g/mol. The van der Waals surface area contributed by atoms with Gasteiger partial charge in [-0.3, -0.25) is 14.6 Å². The first-order valence-corrected chi connectivity index (χ1v) is 12.0. The van der Waals surface area contributed by atoms with Gasteiger partial charge in [-0.1, -0.05) is 29.8 Å². The van der Waals surface area contributed by atoms with Crippen molar-refractivity contribution in [2.45, 2.75) is 58.8 Å². The Labute approximate surface area is 191 Å². The largest absolute Gasteiger partial charge is 0.343 e. The molecule has 2 aliphatic rings. The van der Waals surface area contributed by atoms with E-state index in [1.807, 2.05) is 4.90 Å². The SMILES string of the molecule is CC(=O)N1CCC(C(=O)N2CCC[C@H](c3cc(Cc4cccc(C)c4)cc(C)n3)C2)CC1. The minimum Gasteiger partial charge on any atom is -0.343 e. The third-order valence-corrected chi connectivity index (χ3v) is 6.96. The number of aryl methyl sites for hydroxylation is 2. The lowest BCUT2D eigenvalue weighted by Gasteiger charge is -2.37. The molecule has 32 heavy (non-hydrogen) atoms. The van der Waals surface area contributed by atoms with Gasteiger partial charge in [0.2, 0.25) is 11.8 Å². The molecule has 2 aromatic rings. The highest BCUT2D eigenvalue weighted by Gasteiger charge is 2.32. The number of piperidine rings is 2. The molecule has 3 heterocycles. The Balaban J connectivity index is 1.43. The molecule has 2 saturated heterocycles. The molecule has 2 amide bonds. The van der Waals surface area contributed by atoms with E-state index in [0.29, 0.717) is 19.0 Å². The number of amides is 2. The summed E-state index contributed by atoms with van der Waals surface area (Å²) in [5.41, 5.74) is 6.06. The summed E-state index contributed by atoms with van der Waals surface area (Å²) in [6.07, 6.45) is 4.56. The summed E-state index contributed by atoms with van der Waals surface area (Å²) in [5.74, 6) is 0.722. The smallest absolute Gasteiger partial charge is 0.225 e. The minimum atomic E-state index is 0.0479. The number of benzene rings is 1. The van der Waals surface area contributed by atoms with E-state index in [9.17, 15) is 9.59 Å². The number of carbonyl (C=O) groups excluding carboxylic acids is 2. The van der Waals surface area contributed by atoms with Crippen LogP contribution in [0.15, 0.2) is 36.4 Å². The Morgan fingerprint density at radius 2 is 1.75 bits per heavy atom. The summed E-state index contributed by atoms with van der Waals surface area (Å²) in [4.78, 5) is 33.6. The van der Waals surface area contributed by atoms with Crippen LogP contribution >= 0.6 is 0 Å². The standard InChI is InChI=1S/C27H35N3O2/c1-19-6-4-7-22(14-19)16-23-15-20(2)28-26(17-23)25-8-5-11-30(18-25)27(32)24-9-12-29(13-10-24)21(3)31/h4,6-7,14-15,17,24-25H,5,8-13,16,18H2,1-3H3/t25-/m0/s1. The molecule has 5 nitrogen and oxygen atoms in total.